The number of amides is 1. The van der Waals surface area contributed by atoms with Gasteiger partial charge in [0.05, 0.1) is 34.5 Å². The standard InChI is InChI=1S/C22H22N2O5/c1-3-15-20(21(26)22(23)27)19-16(24(15)12-14-8-5-4-6-9-14)10-7-11-17(19)29-13-18(25)28-2/h4-11H,3,12-13H2,1-2H3,(H2,23,27)/i2D3,3D2,4D,5D,6D,8D,9D. The predicted molar refractivity (Wildman–Crippen MR) is 108 cm³/mol. The highest BCUT2D eigenvalue weighted by Gasteiger charge is 2.27. The molecule has 0 atom stereocenters. The van der Waals surface area contributed by atoms with Gasteiger partial charge in [0.1, 0.15) is 5.75 Å². The number of fused-ring (bicyclic) bond motifs is 1. The van der Waals surface area contributed by atoms with E-state index in [2.05, 4.69) is 4.74 Å². The number of hydrogen-bond acceptors (Lipinski definition) is 5. The molecular formula is C22H22N2O5. The van der Waals surface area contributed by atoms with E-state index in [0.29, 0.717) is 0 Å². The van der Waals surface area contributed by atoms with Crippen molar-refractivity contribution in [1.29, 1.82) is 0 Å². The molecule has 0 aliphatic carbocycles. The molecule has 0 aliphatic rings. The van der Waals surface area contributed by atoms with Crippen molar-refractivity contribution in [2.75, 3.05) is 13.6 Å². The molecule has 2 N–H and O–H groups in total. The van der Waals surface area contributed by atoms with Gasteiger partial charge in [-0.25, -0.2) is 4.79 Å². The lowest BCUT2D eigenvalue weighted by atomic mass is 10.0. The average molecular weight is 404 g/mol. The topological polar surface area (TPSA) is 101 Å². The van der Waals surface area contributed by atoms with Crippen LogP contribution in [0.3, 0.4) is 0 Å². The van der Waals surface area contributed by atoms with Crippen molar-refractivity contribution in [3.05, 3.63) is 65.2 Å². The van der Waals surface area contributed by atoms with Gasteiger partial charge in [-0.3, -0.25) is 9.59 Å². The van der Waals surface area contributed by atoms with Crippen LogP contribution in [0.5, 0.6) is 5.75 Å². The molecule has 1 amide bonds. The molecule has 0 aliphatic heterocycles. The van der Waals surface area contributed by atoms with Crippen LogP contribution in [0.4, 0.5) is 0 Å². The van der Waals surface area contributed by atoms with E-state index in [-0.39, 0.29) is 22.2 Å². The van der Waals surface area contributed by atoms with Crippen molar-refractivity contribution in [2.45, 2.75) is 19.8 Å². The van der Waals surface area contributed by atoms with Gasteiger partial charge in [0.25, 0.3) is 11.7 Å². The molecule has 1 heterocycles. The summed E-state index contributed by atoms with van der Waals surface area (Å²) in [6.07, 6.45) is -2.36. The van der Waals surface area contributed by atoms with Crippen molar-refractivity contribution in [1.82, 2.24) is 4.57 Å². The number of benzene rings is 2. The van der Waals surface area contributed by atoms with Crippen molar-refractivity contribution < 1.29 is 37.6 Å². The second-order valence-electron chi connectivity index (χ2n) is 5.77. The van der Waals surface area contributed by atoms with E-state index in [1.54, 1.807) is 0 Å². The number of hydrogen-bond donors (Lipinski definition) is 1. The lowest BCUT2D eigenvalue weighted by molar-refractivity contribution is -0.142. The summed E-state index contributed by atoms with van der Waals surface area (Å²) in [5.41, 5.74) is 4.12. The molecule has 0 saturated carbocycles. The summed E-state index contributed by atoms with van der Waals surface area (Å²) in [4.78, 5) is 36.9. The lowest BCUT2D eigenvalue weighted by Gasteiger charge is -2.11. The number of carbonyl (C=O) groups is 3. The van der Waals surface area contributed by atoms with E-state index in [1.165, 1.54) is 18.2 Å². The predicted octanol–water partition coefficient (Wildman–Crippen LogP) is 2.47. The molecule has 7 nitrogen and oxygen atoms in total. The Morgan fingerprint density at radius 1 is 1.24 bits per heavy atom. The third-order valence-electron chi connectivity index (χ3n) is 4.07. The smallest absolute Gasteiger partial charge is 0.343 e. The quantitative estimate of drug-likeness (QED) is 0.353. The molecule has 0 spiro atoms. The number of ether oxygens (including phenoxy) is 2. The number of aromatic nitrogens is 1. The Labute approximate surface area is 182 Å². The third-order valence-corrected chi connectivity index (χ3v) is 4.07. The van der Waals surface area contributed by atoms with Crippen LogP contribution < -0.4 is 10.5 Å². The largest absolute Gasteiger partial charge is 0.481 e. The number of carbonyl (C=O) groups excluding carboxylic acids is 3. The zero-order valence-corrected chi connectivity index (χ0v) is 15.2. The molecule has 3 rings (SSSR count). The van der Waals surface area contributed by atoms with E-state index in [4.69, 9.17) is 24.2 Å². The van der Waals surface area contributed by atoms with Gasteiger partial charge in [-0.15, -0.1) is 0 Å². The van der Waals surface area contributed by atoms with E-state index >= 15 is 0 Å². The normalized spacial score (nSPS) is 16.6. The number of esters is 1. The van der Waals surface area contributed by atoms with Gasteiger partial charge in [0.2, 0.25) is 0 Å². The van der Waals surface area contributed by atoms with Gasteiger partial charge in [-0.05, 0) is 24.1 Å². The van der Waals surface area contributed by atoms with Crippen LogP contribution in [0.2, 0.25) is 0 Å². The van der Waals surface area contributed by atoms with Crippen LogP contribution in [0.1, 0.15) is 42.2 Å². The molecule has 0 bridgehead atoms. The van der Waals surface area contributed by atoms with Gasteiger partial charge in [0, 0.05) is 15.0 Å². The Hall–Kier alpha value is -3.61. The number of ketones is 1. The molecule has 0 radical (unpaired) electrons. The third kappa shape index (κ3) is 3.99. The van der Waals surface area contributed by atoms with Crippen molar-refractivity contribution in [3.63, 3.8) is 0 Å². The second-order valence-corrected chi connectivity index (χ2v) is 5.77. The van der Waals surface area contributed by atoms with Crippen LogP contribution in [-0.4, -0.2) is 35.9 Å². The first-order chi connectivity index (χ1) is 17.9. The molecule has 0 saturated heterocycles. The summed E-state index contributed by atoms with van der Waals surface area (Å²) in [6, 6.07) is 1.03. The van der Waals surface area contributed by atoms with Gasteiger partial charge in [-0.2, -0.15) is 0 Å². The maximum Gasteiger partial charge on any atom is 0.343 e. The maximum absolute atomic E-state index is 13.0. The van der Waals surface area contributed by atoms with Crippen LogP contribution in [0.15, 0.2) is 48.4 Å². The Balaban J connectivity index is 2.35. The monoisotopic (exact) mass is 404 g/mol. The second kappa shape index (κ2) is 8.60. The Morgan fingerprint density at radius 3 is 2.66 bits per heavy atom. The van der Waals surface area contributed by atoms with Crippen molar-refractivity contribution in [2.24, 2.45) is 5.73 Å². The molecule has 7 heteroatoms. The first-order valence-corrected chi connectivity index (χ1v) is 8.27. The summed E-state index contributed by atoms with van der Waals surface area (Å²) in [5.74, 6) is -4.27. The highest BCUT2D eigenvalue weighted by molar-refractivity contribution is 6.45. The van der Waals surface area contributed by atoms with Gasteiger partial charge in [-0.1, -0.05) is 43.2 Å². The average Bonchev–Trinajstić information content (AvgIpc) is 3.16. The Morgan fingerprint density at radius 2 is 2.00 bits per heavy atom. The SMILES string of the molecule is [2H]c1c([2H])c([2H])c(Cn2c(C([2H])([2H])C)c(C(=O)C(N)=O)c3c(OCC(=O)OC([2H])([2H])[2H])cccc32)c([2H])c1[2H]. The number of nitrogens with two attached hydrogens (primary N) is 1. The van der Waals surface area contributed by atoms with Crippen LogP contribution in [0, 0.1) is 0 Å². The first-order valence-electron chi connectivity index (χ1n) is 13.3. The molecule has 0 unspecified atom stereocenters. The number of rotatable bonds is 8. The first kappa shape index (κ1) is 10.8. The zero-order chi connectivity index (χ0) is 29.6. The molecule has 0 fully saturated rings. The molecule has 150 valence electrons. The van der Waals surface area contributed by atoms with Crippen molar-refractivity contribution >= 4 is 28.6 Å². The van der Waals surface area contributed by atoms with Gasteiger partial charge < -0.3 is 19.8 Å². The fourth-order valence-electron chi connectivity index (χ4n) is 2.94. The van der Waals surface area contributed by atoms with Crippen LogP contribution >= 0.6 is 0 Å². The van der Waals surface area contributed by atoms with Crippen molar-refractivity contribution in [3.8, 4) is 5.75 Å². The minimum absolute atomic E-state index is 0.0359. The number of nitrogens with zero attached hydrogens (tertiary/aromatic N) is 1. The zero-order valence-electron chi connectivity index (χ0n) is 25.2. The highest BCUT2D eigenvalue weighted by Crippen LogP contribution is 2.35. The van der Waals surface area contributed by atoms with E-state index in [9.17, 15) is 14.4 Å². The number of methoxy groups -OCH3 is 1. The summed E-state index contributed by atoms with van der Waals surface area (Å²) < 4.78 is 89.0. The maximum atomic E-state index is 13.0. The molecule has 3 aromatic rings. The molecule has 29 heavy (non-hydrogen) atoms. The fourth-order valence-corrected chi connectivity index (χ4v) is 2.94. The number of Topliss-reactive ketones (excluding diaryl/α,β-unsaturated/α-hetero) is 1. The van der Waals surface area contributed by atoms with Crippen LogP contribution in [0.25, 0.3) is 10.9 Å². The highest BCUT2D eigenvalue weighted by atomic mass is 16.6. The summed E-state index contributed by atoms with van der Waals surface area (Å²) in [6.45, 7) is -0.374. The summed E-state index contributed by atoms with van der Waals surface area (Å²) in [5, 5.41) is -0.170. The van der Waals surface area contributed by atoms with Gasteiger partial charge >= 0.3 is 5.97 Å². The van der Waals surface area contributed by atoms with E-state index in [0.717, 1.165) is 11.5 Å². The molecule has 1 aromatic heterocycles. The summed E-state index contributed by atoms with van der Waals surface area (Å²) >= 11 is 0. The Bertz CT molecular complexity index is 1480. The molecular weight excluding hydrogens is 372 g/mol. The minimum Gasteiger partial charge on any atom is -0.481 e. The van der Waals surface area contributed by atoms with E-state index < -0.39 is 85.7 Å². The minimum atomic E-state index is -3.04. The van der Waals surface area contributed by atoms with Crippen LogP contribution in [-0.2, 0) is 27.2 Å². The van der Waals surface area contributed by atoms with E-state index in [1.807, 2.05) is 0 Å². The lowest BCUT2D eigenvalue weighted by Crippen LogP contribution is -2.24. The molecule has 2 aromatic carbocycles. The Kier molecular flexibility index (Phi) is 3.20. The number of primary amides is 1. The summed E-state index contributed by atoms with van der Waals surface area (Å²) in [7, 11) is -3.04. The fraction of sp³-hybridized carbons (Fsp3) is 0.227. The van der Waals surface area contributed by atoms with Gasteiger partial charge in [0.15, 0.2) is 6.61 Å².